The first-order chi connectivity index (χ1) is 29.8. The summed E-state index contributed by atoms with van der Waals surface area (Å²) in [5.74, 6) is 0.808. The summed E-state index contributed by atoms with van der Waals surface area (Å²) in [6, 6.07) is 42.6. The first-order valence-corrected chi connectivity index (χ1v) is 19.4. The van der Waals surface area contributed by atoms with Crippen molar-refractivity contribution < 1.29 is 29.3 Å². The third-order valence-electron chi connectivity index (χ3n) is 10.5. The van der Waals surface area contributed by atoms with Crippen molar-refractivity contribution in [3.05, 3.63) is 162 Å². The van der Waals surface area contributed by atoms with Crippen molar-refractivity contribution in [2.24, 2.45) is 0 Å². The summed E-state index contributed by atoms with van der Waals surface area (Å²) >= 11 is 0. The Kier molecular flexibility index (Phi) is 10.7. The number of anilines is 5. The van der Waals surface area contributed by atoms with Gasteiger partial charge >= 0.3 is 21.1 Å². The second-order valence-electron chi connectivity index (χ2n) is 15.5. The Labute approximate surface area is 368 Å². The van der Waals surface area contributed by atoms with Crippen LogP contribution in [0.1, 0.15) is 95.3 Å². The second-order valence-corrected chi connectivity index (χ2v) is 15.5. The smallest absolute Gasteiger partial charge is 0.657 e. The van der Waals surface area contributed by atoms with Gasteiger partial charge in [-0.15, -0.1) is 46.2 Å². The Morgan fingerprint density at radius 2 is 1.47 bits per heavy atom. The molecule has 1 aliphatic rings. The monoisotopic (exact) mass is 949 g/mol. The summed E-state index contributed by atoms with van der Waals surface area (Å²) in [5.41, 5.74) is 12.2. The molecule has 2 heterocycles. The quantitative estimate of drug-likeness (QED) is 0.146. The Hall–Kier alpha value is -5.50. The van der Waals surface area contributed by atoms with E-state index in [9.17, 15) is 0 Å². The van der Waals surface area contributed by atoms with Gasteiger partial charge in [0.15, 0.2) is 0 Å². The molecule has 0 saturated carbocycles. The predicted octanol–water partition coefficient (Wildman–Crippen LogP) is 13.0. The largest absolute Gasteiger partial charge is 4.00 e. The van der Waals surface area contributed by atoms with Gasteiger partial charge in [-0.3, -0.25) is 0 Å². The van der Waals surface area contributed by atoms with E-state index in [1.165, 1.54) is 33.2 Å². The van der Waals surface area contributed by atoms with Crippen molar-refractivity contribution in [2.75, 3.05) is 34.0 Å². The van der Waals surface area contributed by atoms with E-state index in [-0.39, 0.29) is 32.9 Å². The van der Waals surface area contributed by atoms with Crippen LogP contribution in [0.3, 0.4) is 0 Å². The van der Waals surface area contributed by atoms with Crippen LogP contribution in [0.25, 0.3) is 32.9 Å². The van der Waals surface area contributed by atoms with Crippen molar-refractivity contribution >= 4 is 50.2 Å². The molecule has 0 amide bonds. The number of hydrogen-bond acceptors (Lipinski definition) is 5. The van der Waals surface area contributed by atoms with E-state index in [1.54, 1.807) is 24.9 Å². The minimum absolute atomic E-state index is 0. The summed E-state index contributed by atoms with van der Waals surface area (Å²) in [6.07, 6.45) is 0. The molecular formula is C51H52N6Pt. The van der Waals surface area contributed by atoms with E-state index in [1.807, 2.05) is 96.8 Å². The van der Waals surface area contributed by atoms with Crippen molar-refractivity contribution in [3.63, 3.8) is 0 Å². The Morgan fingerprint density at radius 1 is 0.793 bits per heavy atom. The number of para-hydroxylation sites is 4. The molecule has 6 nitrogen and oxygen atoms in total. The van der Waals surface area contributed by atoms with E-state index in [2.05, 4.69) is 76.1 Å². The maximum atomic E-state index is 8.84. The van der Waals surface area contributed by atoms with Gasteiger partial charge in [-0.1, -0.05) is 114 Å². The van der Waals surface area contributed by atoms with Crippen molar-refractivity contribution in [3.8, 4) is 17.2 Å². The fraction of sp³-hybridized carbons (Fsp3) is 0.235. The molecule has 0 radical (unpaired) electrons. The summed E-state index contributed by atoms with van der Waals surface area (Å²) in [6.45, 7) is 13.3. The molecule has 1 aliphatic heterocycles. The maximum absolute atomic E-state index is 8.84. The summed E-state index contributed by atoms with van der Waals surface area (Å²) < 4.78 is 49.6. The van der Waals surface area contributed by atoms with Crippen LogP contribution in [0.2, 0.25) is 0 Å². The average Bonchev–Trinajstić information content (AvgIpc) is 3.82. The van der Waals surface area contributed by atoms with Crippen LogP contribution in [0, 0.1) is 37.7 Å². The van der Waals surface area contributed by atoms with Crippen LogP contribution in [-0.2, 0) is 21.1 Å². The van der Waals surface area contributed by atoms with Crippen LogP contribution >= 0.6 is 0 Å². The summed E-state index contributed by atoms with van der Waals surface area (Å²) in [7, 11) is 0. The molecule has 1 aromatic heterocycles. The zero-order valence-electron chi connectivity index (χ0n) is 39.9. The van der Waals surface area contributed by atoms with Gasteiger partial charge in [0, 0.05) is 25.3 Å². The fourth-order valence-electron chi connectivity index (χ4n) is 7.38. The van der Waals surface area contributed by atoms with Crippen LogP contribution in [-0.4, -0.2) is 14.0 Å². The molecule has 8 rings (SSSR count). The Morgan fingerprint density at radius 3 is 2.14 bits per heavy atom. The van der Waals surface area contributed by atoms with E-state index in [4.69, 9.17) is 13.5 Å². The van der Waals surface area contributed by atoms with Gasteiger partial charge in [-0.2, -0.15) is 18.6 Å². The molecular weight excluding hydrogens is 892 g/mol. The minimum Gasteiger partial charge on any atom is -0.657 e. The van der Waals surface area contributed by atoms with Gasteiger partial charge < -0.3 is 25.0 Å². The molecule has 0 aliphatic carbocycles. The number of aryl methyl sites for hydroxylation is 1. The van der Waals surface area contributed by atoms with Crippen molar-refractivity contribution in [1.29, 1.82) is 5.26 Å². The topological polar surface area (TPSA) is 59.6 Å². The zero-order valence-corrected chi connectivity index (χ0v) is 36.2. The first-order valence-electron chi connectivity index (χ1n) is 22.4. The minimum atomic E-state index is -2.45. The molecule has 58 heavy (non-hydrogen) atoms. The number of nitrogens with one attached hydrogen (secondary N) is 1. The van der Waals surface area contributed by atoms with Gasteiger partial charge in [0.1, 0.15) is 0 Å². The number of aromatic nitrogens is 1. The molecule has 7 heteroatoms. The number of nitriles is 1. The van der Waals surface area contributed by atoms with E-state index < -0.39 is 14.0 Å². The van der Waals surface area contributed by atoms with Gasteiger partial charge in [0.05, 0.1) is 11.6 Å². The zero-order chi connectivity index (χ0) is 45.4. The van der Waals surface area contributed by atoms with Crippen molar-refractivity contribution in [2.45, 2.75) is 66.2 Å². The molecule has 0 bridgehead atoms. The third-order valence-corrected chi connectivity index (χ3v) is 10.5. The first kappa shape index (κ1) is 34.5. The molecule has 296 valence electrons. The van der Waals surface area contributed by atoms with Crippen LogP contribution < -0.4 is 25.0 Å². The Bertz CT molecular complexity index is 2770. The summed E-state index contributed by atoms with van der Waals surface area (Å²) in [4.78, 5) is 8.88. The van der Waals surface area contributed by atoms with E-state index in [0.717, 1.165) is 38.5 Å². The normalized spacial score (nSPS) is 14.1. The summed E-state index contributed by atoms with van der Waals surface area (Å²) in [5, 5.41) is 14.3. The standard InChI is InChI=1S/C38H45N4.C13H7N2.Pt/c1-25(2)29-20-33(26(3)4)38(34(21-29)27(5)6)30-18-31(39-23-40(8)35-15-11-10-14-28(35)7)22-32(19-30)42-24-41(9)36-16-12-13-17-37(36)42;14-8-9-5-6-13-11(7-9)10-3-1-2-4-12(10)15-13;/h10-21,23-27,39H,1-9H3;1-7H;/q-3;-1;+4/i8D3,9D3;;. The molecule has 0 atom stereocenters. The molecule has 7 aromatic rings. The number of fused-ring (bicyclic) bond motifs is 4. The molecule has 0 unspecified atom stereocenters. The van der Waals surface area contributed by atoms with Crippen LogP contribution in [0.15, 0.2) is 115 Å². The van der Waals surface area contributed by atoms with Crippen LogP contribution in [0.4, 0.5) is 28.4 Å². The Balaban J connectivity index is 0.000000355. The van der Waals surface area contributed by atoms with Gasteiger partial charge in [0.2, 0.25) is 0 Å². The fourth-order valence-corrected chi connectivity index (χ4v) is 7.38. The second kappa shape index (κ2) is 18.0. The predicted molar refractivity (Wildman–Crippen MR) is 241 cm³/mol. The van der Waals surface area contributed by atoms with Gasteiger partial charge in [-0.25, -0.2) is 0 Å². The number of hydrogen-bond donors (Lipinski definition) is 1. The van der Waals surface area contributed by atoms with Crippen LogP contribution in [0.5, 0.6) is 0 Å². The molecule has 0 spiro atoms. The van der Waals surface area contributed by atoms with Gasteiger partial charge in [0.25, 0.3) is 0 Å². The molecule has 0 saturated heterocycles. The molecule has 0 fully saturated rings. The van der Waals surface area contributed by atoms with E-state index in [0.29, 0.717) is 39.9 Å². The number of benzene rings is 6. The molecule has 6 aromatic carbocycles. The SMILES string of the molecule is N#Cc1ccc2[n-]c3ccccc3c2c1.[2H]C([2H])([2H])N([CH-]Nc1[c-]c(N2[CH-]N(C([2H])([2H])[2H])c3ccccc32)cc(-c2c(C(C)C)cc(C(C)C)cc2C(C)C)c1)c1ccccc1C.[Pt+4]. The maximum Gasteiger partial charge on any atom is 4.00 e. The van der Waals surface area contributed by atoms with Gasteiger partial charge in [-0.05, 0) is 108 Å². The third kappa shape index (κ3) is 8.66. The van der Waals surface area contributed by atoms with Crippen molar-refractivity contribution in [1.82, 2.24) is 4.98 Å². The number of nitrogens with zero attached hydrogens (tertiary/aromatic N) is 5. The average molecular weight is 950 g/mol. The number of rotatable bonds is 9. The van der Waals surface area contributed by atoms with E-state index >= 15 is 0 Å². The molecule has 1 N–H and O–H groups in total.